The highest BCUT2D eigenvalue weighted by Crippen LogP contribution is 2.63. The van der Waals surface area contributed by atoms with Crippen LogP contribution in [-0.4, -0.2) is 31.0 Å². The largest absolute Gasteiger partial charge is 0.497 e. The molecule has 8 rings (SSSR count). The van der Waals surface area contributed by atoms with Gasteiger partial charge in [0.25, 0.3) is 5.91 Å². The molecule has 4 aliphatic rings. The molecule has 1 aliphatic heterocycles. The molecule has 42 heavy (non-hydrogen) atoms. The van der Waals surface area contributed by atoms with E-state index in [9.17, 15) is 19.6 Å². The summed E-state index contributed by atoms with van der Waals surface area (Å²) in [6.07, 6.45) is 1.61. The SMILES string of the molecule is COc1cccc(C(=O)N/N=C\C23c4ccccc4C(c4ccccc42)[C@@H]2C(=O)N(c4ccccc4C#N)C(=O)[C@@H]23)c1. The minimum Gasteiger partial charge on any atom is -0.497 e. The van der Waals surface area contributed by atoms with Gasteiger partial charge < -0.3 is 4.74 Å². The molecule has 8 heteroatoms. The molecule has 0 spiro atoms. The van der Waals surface area contributed by atoms with Crippen molar-refractivity contribution >= 4 is 29.6 Å². The number of hydrazone groups is 1. The van der Waals surface area contributed by atoms with E-state index in [1.165, 1.54) is 12.0 Å². The Morgan fingerprint density at radius 2 is 1.60 bits per heavy atom. The summed E-state index contributed by atoms with van der Waals surface area (Å²) in [5, 5.41) is 14.2. The van der Waals surface area contributed by atoms with E-state index in [1.54, 1.807) is 54.7 Å². The summed E-state index contributed by atoms with van der Waals surface area (Å²) in [6, 6.07) is 31.1. The van der Waals surface area contributed by atoms with E-state index in [-0.39, 0.29) is 23.1 Å². The fourth-order valence-corrected chi connectivity index (χ4v) is 7.07. The fourth-order valence-electron chi connectivity index (χ4n) is 7.07. The first-order valence-corrected chi connectivity index (χ1v) is 13.6. The van der Waals surface area contributed by atoms with Crippen LogP contribution in [0, 0.1) is 23.2 Å². The number of anilines is 1. The Bertz CT molecular complexity index is 1830. The maximum atomic E-state index is 14.5. The van der Waals surface area contributed by atoms with Gasteiger partial charge in [0.1, 0.15) is 11.8 Å². The summed E-state index contributed by atoms with van der Waals surface area (Å²) < 4.78 is 5.24. The Hall–Kier alpha value is -5.55. The maximum absolute atomic E-state index is 14.5. The van der Waals surface area contributed by atoms with Crippen LogP contribution < -0.4 is 15.1 Å². The lowest BCUT2D eigenvalue weighted by molar-refractivity contribution is -0.122. The topological polar surface area (TPSA) is 112 Å². The van der Waals surface area contributed by atoms with Crippen molar-refractivity contribution < 1.29 is 19.1 Å². The Morgan fingerprint density at radius 1 is 0.929 bits per heavy atom. The van der Waals surface area contributed by atoms with Crippen molar-refractivity contribution in [2.75, 3.05) is 12.0 Å². The average Bonchev–Trinajstić information content (AvgIpc) is 3.31. The third-order valence-corrected chi connectivity index (χ3v) is 8.72. The van der Waals surface area contributed by atoms with E-state index >= 15 is 0 Å². The average molecular weight is 553 g/mol. The summed E-state index contributed by atoms with van der Waals surface area (Å²) in [5.41, 5.74) is 5.98. The first-order chi connectivity index (χ1) is 20.5. The van der Waals surface area contributed by atoms with E-state index in [0.29, 0.717) is 11.3 Å². The second kappa shape index (κ2) is 9.53. The lowest BCUT2D eigenvalue weighted by Crippen LogP contribution is -2.54. The van der Waals surface area contributed by atoms with Gasteiger partial charge in [-0.1, -0.05) is 66.7 Å². The highest BCUT2D eigenvalue weighted by atomic mass is 16.5. The molecule has 4 aromatic carbocycles. The van der Waals surface area contributed by atoms with Gasteiger partial charge in [-0.25, -0.2) is 10.3 Å². The number of ether oxygens (including phenoxy) is 1. The number of carbonyl (C=O) groups excluding carboxylic acids is 3. The number of hydrogen-bond acceptors (Lipinski definition) is 6. The molecular formula is C34H24N4O4. The lowest BCUT2D eigenvalue weighted by Gasteiger charge is -2.52. The molecule has 1 fully saturated rings. The molecule has 0 saturated carbocycles. The number of rotatable bonds is 5. The van der Waals surface area contributed by atoms with Crippen molar-refractivity contribution in [3.8, 4) is 11.8 Å². The lowest BCUT2D eigenvalue weighted by atomic mass is 9.47. The van der Waals surface area contributed by atoms with Crippen molar-refractivity contribution in [1.29, 1.82) is 5.26 Å². The molecule has 2 atom stereocenters. The number of benzene rings is 4. The van der Waals surface area contributed by atoms with Gasteiger partial charge in [0.15, 0.2) is 0 Å². The van der Waals surface area contributed by atoms with Gasteiger partial charge in [0.2, 0.25) is 11.8 Å². The molecule has 1 N–H and O–H groups in total. The number of para-hydroxylation sites is 1. The van der Waals surface area contributed by atoms with E-state index in [0.717, 1.165) is 22.3 Å². The van der Waals surface area contributed by atoms with Gasteiger partial charge in [-0.3, -0.25) is 14.4 Å². The van der Waals surface area contributed by atoms with Crippen LogP contribution in [0.2, 0.25) is 0 Å². The number of imide groups is 1. The third-order valence-electron chi connectivity index (χ3n) is 8.72. The van der Waals surface area contributed by atoms with Gasteiger partial charge >= 0.3 is 0 Å². The highest BCUT2D eigenvalue weighted by Gasteiger charge is 2.68. The molecule has 2 bridgehead atoms. The standard InChI is InChI=1S/C34H24N4O4/c1-42-22-11-8-10-20(17-22)31(39)37-36-19-34-25-14-5-3-12-23(25)28(24-13-4-6-15-26(24)34)29-30(34)33(41)38(32(29)40)27-16-7-2-9-21(27)18-35/h2-17,19,28-30H,1H3,(H,37,39)/b36-19-/t28?,29-,30+,34?/m0/s1. The number of nitriles is 1. The van der Waals surface area contributed by atoms with Crippen LogP contribution in [0.15, 0.2) is 102 Å². The summed E-state index contributed by atoms with van der Waals surface area (Å²) in [5.74, 6) is -2.54. The van der Waals surface area contributed by atoms with Crippen LogP contribution in [-0.2, 0) is 15.0 Å². The summed E-state index contributed by atoms with van der Waals surface area (Å²) in [6.45, 7) is 0. The zero-order valence-corrected chi connectivity index (χ0v) is 22.5. The number of nitrogens with one attached hydrogen (secondary N) is 1. The minimum absolute atomic E-state index is 0.244. The fraction of sp³-hybridized carbons (Fsp3) is 0.147. The van der Waals surface area contributed by atoms with E-state index in [2.05, 4.69) is 16.6 Å². The number of nitrogens with zero attached hydrogens (tertiary/aromatic N) is 3. The van der Waals surface area contributed by atoms with Crippen molar-refractivity contribution in [3.05, 3.63) is 130 Å². The Balaban J connectivity index is 1.40. The van der Waals surface area contributed by atoms with Crippen molar-refractivity contribution in [3.63, 3.8) is 0 Å². The zero-order chi connectivity index (χ0) is 29.0. The number of hydrogen-bond donors (Lipinski definition) is 1. The van der Waals surface area contributed by atoms with E-state index < -0.39 is 29.1 Å². The van der Waals surface area contributed by atoms with Crippen molar-refractivity contribution in [1.82, 2.24) is 5.43 Å². The van der Waals surface area contributed by atoms with Gasteiger partial charge in [-0.2, -0.15) is 10.4 Å². The molecule has 4 aromatic rings. The molecule has 0 aromatic heterocycles. The molecular weight excluding hydrogens is 528 g/mol. The quantitative estimate of drug-likeness (QED) is 0.222. The molecule has 0 radical (unpaired) electrons. The molecule has 1 heterocycles. The second-order valence-electron chi connectivity index (χ2n) is 10.6. The Morgan fingerprint density at radius 3 is 2.29 bits per heavy atom. The molecule has 1 saturated heterocycles. The number of methoxy groups -OCH3 is 1. The molecule has 0 unspecified atom stereocenters. The first kappa shape index (κ1) is 25.4. The number of carbonyl (C=O) groups is 3. The van der Waals surface area contributed by atoms with Crippen molar-refractivity contribution in [2.24, 2.45) is 16.9 Å². The van der Waals surface area contributed by atoms with Gasteiger partial charge in [-0.05, 0) is 52.6 Å². The second-order valence-corrected chi connectivity index (χ2v) is 10.6. The zero-order valence-electron chi connectivity index (χ0n) is 22.5. The minimum atomic E-state index is -1.14. The highest BCUT2D eigenvalue weighted by molar-refractivity contribution is 6.25. The summed E-state index contributed by atoms with van der Waals surface area (Å²) in [7, 11) is 1.53. The number of amides is 3. The molecule has 204 valence electrons. The Labute approximate surface area is 241 Å². The summed E-state index contributed by atoms with van der Waals surface area (Å²) >= 11 is 0. The first-order valence-electron chi connectivity index (χ1n) is 13.6. The smallest absolute Gasteiger partial charge is 0.271 e. The molecule has 3 amide bonds. The predicted octanol–water partition coefficient (Wildman–Crippen LogP) is 4.53. The van der Waals surface area contributed by atoms with E-state index in [1.807, 2.05) is 48.5 Å². The van der Waals surface area contributed by atoms with Crippen molar-refractivity contribution in [2.45, 2.75) is 11.3 Å². The van der Waals surface area contributed by atoms with Crippen LogP contribution in [0.25, 0.3) is 0 Å². The normalized spacial score (nSPS) is 23.2. The third kappa shape index (κ3) is 3.40. The van der Waals surface area contributed by atoms with Gasteiger partial charge in [0.05, 0.1) is 35.6 Å². The molecule has 3 aliphatic carbocycles. The Kier molecular flexibility index (Phi) is 5.77. The van der Waals surface area contributed by atoms with Crippen LogP contribution in [0.1, 0.15) is 44.1 Å². The van der Waals surface area contributed by atoms with Crippen LogP contribution in [0.3, 0.4) is 0 Å². The molecule has 8 nitrogen and oxygen atoms in total. The summed E-state index contributed by atoms with van der Waals surface area (Å²) in [4.78, 5) is 43.0. The van der Waals surface area contributed by atoms with Gasteiger partial charge in [0, 0.05) is 17.7 Å². The van der Waals surface area contributed by atoms with E-state index in [4.69, 9.17) is 4.74 Å². The predicted molar refractivity (Wildman–Crippen MR) is 155 cm³/mol. The van der Waals surface area contributed by atoms with Gasteiger partial charge in [-0.15, -0.1) is 0 Å². The van der Waals surface area contributed by atoms with Crippen LogP contribution >= 0.6 is 0 Å². The van der Waals surface area contributed by atoms with Crippen LogP contribution in [0.5, 0.6) is 5.75 Å². The monoisotopic (exact) mass is 552 g/mol. The maximum Gasteiger partial charge on any atom is 0.271 e. The van der Waals surface area contributed by atoms with Crippen LogP contribution in [0.4, 0.5) is 5.69 Å².